The quantitative estimate of drug-likeness (QED) is 0.772. The van der Waals surface area contributed by atoms with Gasteiger partial charge in [-0.25, -0.2) is 8.42 Å². The molecule has 0 spiro atoms. The Labute approximate surface area is 155 Å². The van der Waals surface area contributed by atoms with Crippen LogP contribution in [0.4, 0.5) is 0 Å². The molecule has 1 aliphatic heterocycles. The van der Waals surface area contributed by atoms with Crippen molar-refractivity contribution in [2.45, 2.75) is 10.3 Å². The van der Waals surface area contributed by atoms with Gasteiger partial charge < -0.3 is 0 Å². The summed E-state index contributed by atoms with van der Waals surface area (Å²) < 4.78 is 27.5. The molecule has 1 atom stereocenters. The van der Waals surface area contributed by atoms with Crippen LogP contribution < -0.4 is 0 Å². The lowest BCUT2D eigenvalue weighted by molar-refractivity contribution is 0.434. The number of halogens is 2. The molecule has 24 heavy (non-hydrogen) atoms. The first-order chi connectivity index (χ1) is 11.4. The fourth-order valence-corrected chi connectivity index (χ4v) is 6.55. The van der Waals surface area contributed by atoms with E-state index < -0.39 is 15.4 Å². The molecule has 0 radical (unpaired) electrons. The average molecular weight is 399 g/mol. The maximum Gasteiger partial charge on any atom is 0.245 e. The molecule has 1 aliphatic rings. The lowest BCUT2D eigenvalue weighted by atomic mass is 10.2. The van der Waals surface area contributed by atoms with Crippen LogP contribution in [0.2, 0.25) is 10.0 Å². The molecule has 124 valence electrons. The van der Waals surface area contributed by atoms with Gasteiger partial charge in [0.15, 0.2) is 0 Å². The van der Waals surface area contributed by atoms with Crippen LogP contribution in [-0.4, -0.2) is 25.0 Å². The van der Waals surface area contributed by atoms with E-state index in [9.17, 15) is 13.7 Å². The first-order valence-electron chi connectivity index (χ1n) is 7.02. The second-order valence-electron chi connectivity index (χ2n) is 5.11. The van der Waals surface area contributed by atoms with Crippen molar-refractivity contribution < 1.29 is 8.42 Å². The van der Waals surface area contributed by atoms with Gasteiger partial charge in [-0.05, 0) is 29.8 Å². The maximum atomic E-state index is 13.1. The lowest BCUT2D eigenvalue weighted by Gasteiger charge is -2.24. The molecule has 3 rings (SSSR count). The minimum Gasteiger partial charge on any atom is -0.207 e. The van der Waals surface area contributed by atoms with E-state index in [-0.39, 0.29) is 10.5 Å². The zero-order valence-corrected chi connectivity index (χ0v) is 15.5. The molecule has 2 aromatic rings. The van der Waals surface area contributed by atoms with Crippen LogP contribution in [0.5, 0.6) is 0 Å². The zero-order valence-electron chi connectivity index (χ0n) is 12.3. The Balaban J connectivity index is 2.06. The highest BCUT2D eigenvalue weighted by molar-refractivity contribution is 8.01. The highest BCUT2D eigenvalue weighted by atomic mass is 35.5. The van der Waals surface area contributed by atoms with E-state index >= 15 is 0 Å². The van der Waals surface area contributed by atoms with E-state index in [1.807, 2.05) is 6.07 Å². The topological polar surface area (TPSA) is 61.2 Å². The van der Waals surface area contributed by atoms with Crippen LogP contribution in [0, 0.1) is 11.3 Å². The van der Waals surface area contributed by atoms with Crippen molar-refractivity contribution in [3.63, 3.8) is 0 Å². The number of benzene rings is 2. The standard InChI is InChI=1S/C16H12Cl2N2O2S2/c17-12-5-6-13(14(18)9-12)16-20(7-8-23-16)24(21,22)15-4-2-1-3-11(15)10-19/h1-6,9,16H,7-8H2. The van der Waals surface area contributed by atoms with Gasteiger partial charge in [-0.1, -0.05) is 41.4 Å². The van der Waals surface area contributed by atoms with Crippen LogP contribution in [0.1, 0.15) is 16.5 Å². The van der Waals surface area contributed by atoms with Gasteiger partial charge in [-0.3, -0.25) is 0 Å². The van der Waals surface area contributed by atoms with Crippen molar-refractivity contribution in [2.75, 3.05) is 12.3 Å². The Bertz CT molecular complexity index is 926. The van der Waals surface area contributed by atoms with Crippen LogP contribution in [0.3, 0.4) is 0 Å². The number of sulfonamides is 1. The zero-order chi connectivity index (χ0) is 17.3. The molecule has 1 saturated heterocycles. The highest BCUT2D eigenvalue weighted by Gasteiger charge is 2.38. The minimum absolute atomic E-state index is 0.0186. The van der Waals surface area contributed by atoms with Crippen molar-refractivity contribution in [3.05, 3.63) is 63.6 Å². The van der Waals surface area contributed by atoms with E-state index in [4.69, 9.17) is 23.2 Å². The van der Waals surface area contributed by atoms with Gasteiger partial charge in [0.2, 0.25) is 10.0 Å². The van der Waals surface area contributed by atoms with Crippen molar-refractivity contribution >= 4 is 45.0 Å². The van der Waals surface area contributed by atoms with Gasteiger partial charge in [0.1, 0.15) is 6.07 Å². The third kappa shape index (κ3) is 3.15. The molecular weight excluding hydrogens is 387 g/mol. The molecule has 1 unspecified atom stereocenters. The molecule has 0 N–H and O–H groups in total. The predicted molar refractivity (Wildman–Crippen MR) is 96.7 cm³/mol. The second-order valence-corrected chi connectivity index (χ2v) is 9.00. The molecule has 1 heterocycles. The van der Waals surface area contributed by atoms with Crippen LogP contribution in [0.25, 0.3) is 0 Å². The van der Waals surface area contributed by atoms with Crippen LogP contribution >= 0.6 is 35.0 Å². The first-order valence-corrected chi connectivity index (χ1v) is 10.3. The molecule has 0 aromatic heterocycles. The Morgan fingerprint density at radius 2 is 1.96 bits per heavy atom. The van der Waals surface area contributed by atoms with Crippen LogP contribution in [0.15, 0.2) is 47.4 Å². The van der Waals surface area contributed by atoms with E-state index in [1.165, 1.54) is 28.2 Å². The molecule has 1 fully saturated rings. The van der Waals surface area contributed by atoms with E-state index in [0.717, 1.165) is 0 Å². The second kappa shape index (κ2) is 6.95. The number of nitriles is 1. The summed E-state index contributed by atoms with van der Waals surface area (Å²) in [6.07, 6.45) is 0. The van der Waals surface area contributed by atoms with Gasteiger partial charge in [0.25, 0.3) is 0 Å². The summed E-state index contributed by atoms with van der Waals surface area (Å²) in [7, 11) is -3.81. The molecule has 4 nitrogen and oxygen atoms in total. The number of rotatable bonds is 3. The summed E-state index contributed by atoms with van der Waals surface area (Å²) >= 11 is 13.7. The Kier molecular flexibility index (Phi) is 5.09. The van der Waals surface area contributed by atoms with Gasteiger partial charge in [-0.15, -0.1) is 11.8 Å². The Morgan fingerprint density at radius 1 is 1.21 bits per heavy atom. The van der Waals surface area contributed by atoms with Crippen LogP contribution in [-0.2, 0) is 10.0 Å². The predicted octanol–water partition coefficient (Wildman–Crippen LogP) is 4.30. The van der Waals surface area contributed by atoms with Crippen molar-refractivity contribution in [3.8, 4) is 6.07 Å². The maximum absolute atomic E-state index is 13.1. The molecular formula is C16H12Cl2N2O2S2. The summed E-state index contributed by atoms with van der Waals surface area (Å²) in [5.41, 5.74) is 0.830. The molecule has 0 saturated carbocycles. The first kappa shape index (κ1) is 17.6. The largest absolute Gasteiger partial charge is 0.245 e. The number of nitrogens with zero attached hydrogens (tertiary/aromatic N) is 2. The summed E-state index contributed by atoms with van der Waals surface area (Å²) in [4.78, 5) is 0.0186. The monoisotopic (exact) mass is 398 g/mol. The van der Waals surface area contributed by atoms with E-state index in [0.29, 0.717) is 27.9 Å². The fourth-order valence-electron chi connectivity index (χ4n) is 2.56. The normalized spacial score (nSPS) is 18.5. The SMILES string of the molecule is N#Cc1ccccc1S(=O)(=O)N1CCSC1c1ccc(Cl)cc1Cl. The Hall–Kier alpha value is -1.23. The number of hydrogen-bond acceptors (Lipinski definition) is 4. The van der Waals surface area contributed by atoms with Crippen molar-refractivity contribution in [1.82, 2.24) is 4.31 Å². The fraction of sp³-hybridized carbons (Fsp3) is 0.188. The van der Waals surface area contributed by atoms with Gasteiger partial charge in [0.05, 0.1) is 15.8 Å². The summed E-state index contributed by atoms with van der Waals surface area (Å²) in [6.45, 7) is 0.358. The minimum atomic E-state index is -3.81. The third-order valence-electron chi connectivity index (χ3n) is 3.67. The summed E-state index contributed by atoms with van der Waals surface area (Å²) in [5, 5.41) is 9.69. The highest BCUT2D eigenvalue weighted by Crippen LogP contribution is 2.44. The number of thioether (sulfide) groups is 1. The number of hydrogen-bond donors (Lipinski definition) is 0. The third-order valence-corrected chi connectivity index (χ3v) is 7.53. The van der Waals surface area contributed by atoms with Crippen molar-refractivity contribution in [2.24, 2.45) is 0 Å². The lowest BCUT2D eigenvalue weighted by Crippen LogP contribution is -2.31. The van der Waals surface area contributed by atoms with Gasteiger partial charge in [0, 0.05) is 22.3 Å². The summed E-state index contributed by atoms with van der Waals surface area (Å²) in [5.74, 6) is 0.650. The molecule has 0 aliphatic carbocycles. The van der Waals surface area contributed by atoms with Gasteiger partial charge in [-0.2, -0.15) is 9.57 Å². The summed E-state index contributed by atoms with van der Waals surface area (Å²) in [6, 6.07) is 13.2. The molecule has 8 heteroatoms. The molecule has 2 aromatic carbocycles. The Morgan fingerprint density at radius 3 is 2.67 bits per heavy atom. The molecule has 0 amide bonds. The average Bonchev–Trinajstić information content (AvgIpc) is 3.05. The van der Waals surface area contributed by atoms with E-state index in [2.05, 4.69) is 0 Å². The smallest absolute Gasteiger partial charge is 0.207 e. The van der Waals surface area contributed by atoms with Gasteiger partial charge >= 0.3 is 0 Å². The van der Waals surface area contributed by atoms with E-state index in [1.54, 1.807) is 30.3 Å². The van der Waals surface area contributed by atoms with Crippen molar-refractivity contribution in [1.29, 1.82) is 5.26 Å². The molecule has 0 bridgehead atoms.